The van der Waals surface area contributed by atoms with Gasteiger partial charge in [0.25, 0.3) is 0 Å². The second-order valence-electron chi connectivity index (χ2n) is 6.06. The summed E-state index contributed by atoms with van der Waals surface area (Å²) in [4.78, 5) is 25.7. The topological polar surface area (TPSA) is 80.4 Å². The van der Waals surface area contributed by atoms with E-state index in [0.29, 0.717) is 6.04 Å². The van der Waals surface area contributed by atoms with E-state index in [-0.39, 0.29) is 5.91 Å². The van der Waals surface area contributed by atoms with Crippen molar-refractivity contribution in [2.24, 2.45) is 5.73 Å². The Bertz CT molecular complexity index is 676. The molecule has 1 aliphatic heterocycles. The summed E-state index contributed by atoms with van der Waals surface area (Å²) in [5.74, 6) is -0.367. The number of nitrogens with one attached hydrogen (secondary N) is 1. The average Bonchev–Trinajstić information content (AvgIpc) is 3.10. The molecular weight excluding hydrogens is 304 g/mol. The summed E-state index contributed by atoms with van der Waals surface area (Å²) < 4.78 is 2.22. The number of piperidine rings is 1. The van der Waals surface area contributed by atoms with E-state index in [2.05, 4.69) is 27.2 Å². The largest absolute Gasteiger partial charge is 0.351 e. The molecule has 0 bridgehead atoms. The molecule has 1 aromatic carbocycles. The van der Waals surface area contributed by atoms with E-state index in [0.717, 1.165) is 31.5 Å². The minimum absolute atomic E-state index is 0.367. The summed E-state index contributed by atoms with van der Waals surface area (Å²) in [6, 6.07) is 12.7. The molecule has 1 atom stereocenters. The lowest BCUT2D eigenvalue weighted by atomic mass is 9.98. The van der Waals surface area contributed by atoms with Crippen LogP contribution in [0.5, 0.6) is 0 Å². The number of likely N-dealkylation sites (tertiary alicyclic amines) is 1. The molecule has 1 aliphatic rings. The summed E-state index contributed by atoms with van der Waals surface area (Å²) in [7, 11) is 0. The van der Waals surface area contributed by atoms with Gasteiger partial charge in [0.15, 0.2) is 0 Å². The minimum Gasteiger partial charge on any atom is -0.351 e. The number of aromatic nitrogens is 1. The zero-order chi connectivity index (χ0) is 16.9. The molecule has 24 heavy (non-hydrogen) atoms. The molecule has 3 amide bonds. The summed E-state index contributed by atoms with van der Waals surface area (Å²) in [5, 5.41) is 2.23. The number of primary amides is 1. The summed E-state index contributed by atoms with van der Waals surface area (Å²) >= 11 is 0. The standard InChI is InChI=1S/C18H22N4O2/c19-18(24)20-17(23)16(14-6-2-1-3-7-14)22-12-8-15(9-13-22)21-10-4-5-11-21/h1-7,10-11,15-16H,8-9,12-13H2,(H3,19,20,23,24). The summed E-state index contributed by atoms with van der Waals surface area (Å²) in [6.45, 7) is 1.57. The maximum atomic E-state index is 12.5. The number of carbonyl (C=O) groups excluding carboxylic acids is 2. The van der Waals surface area contributed by atoms with Crippen LogP contribution < -0.4 is 11.1 Å². The predicted octanol–water partition coefficient (Wildman–Crippen LogP) is 2.06. The Kier molecular flexibility index (Phi) is 4.96. The van der Waals surface area contributed by atoms with Gasteiger partial charge in [0.05, 0.1) is 0 Å². The van der Waals surface area contributed by atoms with Crippen molar-refractivity contribution in [3.63, 3.8) is 0 Å². The number of hydrogen-bond donors (Lipinski definition) is 2. The molecule has 0 saturated carbocycles. The molecule has 3 N–H and O–H groups in total. The number of nitrogens with two attached hydrogens (primary N) is 1. The predicted molar refractivity (Wildman–Crippen MR) is 91.2 cm³/mol. The number of carbonyl (C=O) groups is 2. The molecule has 3 rings (SSSR count). The highest BCUT2D eigenvalue weighted by molar-refractivity contribution is 5.96. The van der Waals surface area contributed by atoms with E-state index in [9.17, 15) is 9.59 Å². The van der Waals surface area contributed by atoms with E-state index >= 15 is 0 Å². The molecule has 6 nitrogen and oxygen atoms in total. The molecule has 1 fully saturated rings. The lowest BCUT2D eigenvalue weighted by Gasteiger charge is -2.37. The lowest BCUT2D eigenvalue weighted by molar-refractivity contribution is -0.126. The van der Waals surface area contributed by atoms with Crippen LogP contribution in [0.15, 0.2) is 54.9 Å². The second kappa shape index (κ2) is 7.31. The van der Waals surface area contributed by atoms with Gasteiger partial charge >= 0.3 is 6.03 Å². The molecule has 1 aromatic heterocycles. The maximum absolute atomic E-state index is 12.5. The van der Waals surface area contributed by atoms with Crippen molar-refractivity contribution in [1.82, 2.24) is 14.8 Å². The molecule has 0 aliphatic carbocycles. The van der Waals surface area contributed by atoms with Gasteiger partial charge in [-0.15, -0.1) is 0 Å². The SMILES string of the molecule is NC(=O)NC(=O)C(c1ccccc1)N1CCC(n2cccc2)CC1. The lowest BCUT2D eigenvalue weighted by Crippen LogP contribution is -2.47. The Hall–Kier alpha value is -2.60. The van der Waals surface area contributed by atoms with Crippen molar-refractivity contribution in [3.05, 3.63) is 60.4 Å². The highest BCUT2D eigenvalue weighted by Crippen LogP contribution is 2.29. The van der Waals surface area contributed by atoms with Crippen molar-refractivity contribution in [2.45, 2.75) is 24.9 Å². The molecule has 2 heterocycles. The van der Waals surface area contributed by atoms with Crippen LogP contribution in [0.4, 0.5) is 4.79 Å². The Morgan fingerprint density at radius 2 is 1.67 bits per heavy atom. The number of benzene rings is 1. The first-order chi connectivity index (χ1) is 11.6. The van der Waals surface area contributed by atoms with E-state index in [1.165, 1.54) is 0 Å². The van der Waals surface area contributed by atoms with Gasteiger partial charge in [-0.05, 0) is 30.5 Å². The summed E-state index contributed by atoms with van der Waals surface area (Å²) in [5.41, 5.74) is 6.00. The van der Waals surface area contributed by atoms with Crippen LogP contribution in [-0.4, -0.2) is 34.5 Å². The fraction of sp³-hybridized carbons (Fsp3) is 0.333. The van der Waals surface area contributed by atoms with Gasteiger partial charge in [-0.25, -0.2) is 4.79 Å². The van der Waals surface area contributed by atoms with Crippen LogP contribution in [-0.2, 0) is 4.79 Å². The minimum atomic E-state index is -0.817. The number of urea groups is 1. The van der Waals surface area contributed by atoms with Gasteiger partial charge in [0.2, 0.25) is 5.91 Å². The molecule has 126 valence electrons. The van der Waals surface area contributed by atoms with Gasteiger partial charge in [-0.1, -0.05) is 30.3 Å². The third-order valence-electron chi connectivity index (χ3n) is 4.52. The van der Waals surface area contributed by atoms with E-state index in [4.69, 9.17) is 5.73 Å². The van der Waals surface area contributed by atoms with Gasteiger partial charge in [-0.2, -0.15) is 0 Å². The van der Waals surface area contributed by atoms with Crippen LogP contribution in [0.1, 0.15) is 30.5 Å². The van der Waals surface area contributed by atoms with Crippen molar-refractivity contribution in [3.8, 4) is 0 Å². The quantitative estimate of drug-likeness (QED) is 0.902. The third-order valence-corrected chi connectivity index (χ3v) is 4.52. The van der Waals surface area contributed by atoms with Crippen molar-refractivity contribution < 1.29 is 9.59 Å². The Balaban J connectivity index is 1.74. The molecular formula is C18H22N4O2. The first-order valence-corrected chi connectivity index (χ1v) is 8.17. The maximum Gasteiger partial charge on any atom is 0.318 e. The van der Waals surface area contributed by atoms with Crippen molar-refractivity contribution >= 4 is 11.9 Å². The molecule has 2 aromatic rings. The molecule has 1 unspecified atom stereocenters. The highest BCUT2D eigenvalue weighted by atomic mass is 16.2. The van der Waals surface area contributed by atoms with E-state index < -0.39 is 12.1 Å². The number of rotatable bonds is 4. The fourth-order valence-corrected chi connectivity index (χ4v) is 3.39. The first kappa shape index (κ1) is 16.3. The smallest absolute Gasteiger partial charge is 0.318 e. The van der Waals surface area contributed by atoms with Crippen LogP contribution in [0, 0.1) is 0 Å². The van der Waals surface area contributed by atoms with Gasteiger partial charge < -0.3 is 10.3 Å². The van der Waals surface area contributed by atoms with Crippen LogP contribution in [0.3, 0.4) is 0 Å². The fourth-order valence-electron chi connectivity index (χ4n) is 3.39. The van der Waals surface area contributed by atoms with Crippen molar-refractivity contribution in [1.29, 1.82) is 0 Å². The third kappa shape index (κ3) is 3.65. The Morgan fingerprint density at radius 3 is 2.25 bits per heavy atom. The first-order valence-electron chi connectivity index (χ1n) is 8.17. The number of hydrogen-bond acceptors (Lipinski definition) is 3. The van der Waals surface area contributed by atoms with Gasteiger partial charge in [-0.3, -0.25) is 15.0 Å². The second-order valence-corrected chi connectivity index (χ2v) is 6.06. The van der Waals surface area contributed by atoms with Gasteiger partial charge in [0, 0.05) is 31.5 Å². The molecule has 6 heteroatoms. The Labute approximate surface area is 141 Å². The average molecular weight is 326 g/mol. The summed E-state index contributed by atoms with van der Waals surface area (Å²) in [6.07, 6.45) is 6.08. The van der Waals surface area contributed by atoms with E-state index in [1.54, 1.807) is 0 Å². The number of nitrogens with zero attached hydrogens (tertiary/aromatic N) is 2. The molecule has 1 saturated heterocycles. The Morgan fingerprint density at radius 1 is 1.04 bits per heavy atom. The number of imide groups is 1. The molecule has 0 radical (unpaired) electrons. The normalized spacial score (nSPS) is 17.3. The zero-order valence-electron chi connectivity index (χ0n) is 13.5. The number of amides is 3. The van der Waals surface area contributed by atoms with Crippen LogP contribution in [0.2, 0.25) is 0 Å². The molecule has 0 spiro atoms. The van der Waals surface area contributed by atoms with Crippen LogP contribution in [0.25, 0.3) is 0 Å². The van der Waals surface area contributed by atoms with Gasteiger partial charge in [0.1, 0.15) is 6.04 Å². The zero-order valence-corrected chi connectivity index (χ0v) is 13.5. The van der Waals surface area contributed by atoms with Crippen LogP contribution >= 0.6 is 0 Å². The monoisotopic (exact) mass is 326 g/mol. The highest BCUT2D eigenvalue weighted by Gasteiger charge is 2.31. The van der Waals surface area contributed by atoms with Crippen molar-refractivity contribution in [2.75, 3.05) is 13.1 Å². The van der Waals surface area contributed by atoms with E-state index in [1.807, 2.05) is 42.5 Å².